The number of halogens is 1. The highest BCUT2D eigenvalue weighted by Gasteiger charge is 2.08. The Balaban J connectivity index is 2.20. The summed E-state index contributed by atoms with van der Waals surface area (Å²) in [4.78, 5) is 4.40. The minimum atomic E-state index is -0.228. The van der Waals surface area contributed by atoms with Gasteiger partial charge < -0.3 is 4.40 Å². The molecule has 2 aromatic heterocycles. The molecule has 2 nitrogen and oxygen atoms in total. The summed E-state index contributed by atoms with van der Waals surface area (Å²) in [7, 11) is 0. The second-order valence-corrected chi connectivity index (χ2v) is 4.08. The number of hydrogen-bond donors (Lipinski definition) is 0. The fraction of sp³-hybridized carbons (Fsp3) is 0.0714. The van der Waals surface area contributed by atoms with Crippen molar-refractivity contribution in [1.82, 2.24) is 9.38 Å². The van der Waals surface area contributed by atoms with Crippen LogP contribution < -0.4 is 0 Å². The molecule has 2 heterocycles. The largest absolute Gasteiger partial charge is 0.306 e. The molecule has 0 saturated heterocycles. The Morgan fingerprint density at radius 1 is 1.18 bits per heavy atom. The summed E-state index contributed by atoms with van der Waals surface area (Å²) in [6.07, 6.45) is 3.74. The van der Waals surface area contributed by atoms with Gasteiger partial charge in [-0.3, -0.25) is 0 Å². The zero-order chi connectivity index (χ0) is 11.8. The van der Waals surface area contributed by atoms with E-state index in [-0.39, 0.29) is 5.82 Å². The molecule has 84 valence electrons. The third kappa shape index (κ3) is 1.69. The molecule has 0 fully saturated rings. The Kier molecular flexibility index (Phi) is 2.18. The van der Waals surface area contributed by atoms with Crippen molar-refractivity contribution < 1.29 is 4.39 Å². The molecule has 0 saturated carbocycles. The maximum Gasteiger partial charge on any atom is 0.137 e. The molecule has 0 amide bonds. The molecule has 0 N–H and O–H groups in total. The molecule has 17 heavy (non-hydrogen) atoms. The third-order valence-corrected chi connectivity index (χ3v) is 2.76. The van der Waals surface area contributed by atoms with Crippen molar-refractivity contribution in [2.75, 3.05) is 0 Å². The maximum atomic E-state index is 13.8. The van der Waals surface area contributed by atoms with Crippen LogP contribution in [0.5, 0.6) is 0 Å². The van der Waals surface area contributed by atoms with E-state index < -0.39 is 0 Å². The van der Waals surface area contributed by atoms with Gasteiger partial charge >= 0.3 is 0 Å². The quantitative estimate of drug-likeness (QED) is 0.621. The molecule has 0 bridgehead atoms. The standard InChI is InChI=1S/C14H11FN2/c1-10-5-6-11(12(15)8-10)13-9-17-7-3-2-4-14(17)16-13/h2-9H,1H3. The zero-order valence-corrected chi connectivity index (χ0v) is 9.39. The molecule has 1 aromatic carbocycles. The van der Waals surface area contributed by atoms with E-state index in [4.69, 9.17) is 0 Å². The van der Waals surface area contributed by atoms with Crippen LogP contribution in [0.3, 0.4) is 0 Å². The zero-order valence-electron chi connectivity index (χ0n) is 9.39. The van der Waals surface area contributed by atoms with Gasteiger partial charge in [0.25, 0.3) is 0 Å². The van der Waals surface area contributed by atoms with Crippen molar-refractivity contribution in [3.05, 3.63) is 60.2 Å². The SMILES string of the molecule is Cc1ccc(-c2cn3ccccc3n2)c(F)c1. The fourth-order valence-electron chi connectivity index (χ4n) is 1.89. The van der Waals surface area contributed by atoms with Gasteiger partial charge in [-0.1, -0.05) is 12.1 Å². The minimum Gasteiger partial charge on any atom is -0.306 e. The molecule has 0 spiro atoms. The molecule has 3 rings (SSSR count). The summed E-state index contributed by atoms with van der Waals surface area (Å²) in [5.74, 6) is -0.228. The van der Waals surface area contributed by atoms with Crippen LogP contribution in [0.25, 0.3) is 16.9 Å². The molecule has 0 aliphatic rings. The van der Waals surface area contributed by atoms with Gasteiger partial charge in [0.2, 0.25) is 0 Å². The Hall–Kier alpha value is -2.16. The van der Waals surface area contributed by atoms with E-state index in [0.29, 0.717) is 11.3 Å². The van der Waals surface area contributed by atoms with Crippen molar-refractivity contribution in [2.45, 2.75) is 6.92 Å². The molecule has 3 heteroatoms. The lowest BCUT2D eigenvalue weighted by Crippen LogP contribution is -1.85. The average Bonchev–Trinajstić information content (AvgIpc) is 2.72. The number of nitrogens with zero attached hydrogens (tertiary/aromatic N) is 2. The van der Waals surface area contributed by atoms with Gasteiger partial charge in [0, 0.05) is 18.0 Å². The number of benzene rings is 1. The predicted molar refractivity (Wildman–Crippen MR) is 65.3 cm³/mol. The normalized spacial score (nSPS) is 10.9. The maximum absolute atomic E-state index is 13.8. The summed E-state index contributed by atoms with van der Waals surface area (Å²) in [5, 5.41) is 0. The molecule has 0 aliphatic heterocycles. The highest BCUT2D eigenvalue weighted by molar-refractivity contribution is 5.63. The first-order valence-electron chi connectivity index (χ1n) is 5.44. The third-order valence-electron chi connectivity index (χ3n) is 2.76. The predicted octanol–water partition coefficient (Wildman–Crippen LogP) is 3.45. The van der Waals surface area contributed by atoms with Crippen molar-refractivity contribution in [2.24, 2.45) is 0 Å². The second kappa shape index (κ2) is 3.70. The summed E-state index contributed by atoms with van der Waals surface area (Å²) in [6.45, 7) is 1.87. The van der Waals surface area contributed by atoms with E-state index in [0.717, 1.165) is 11.2 Å². The number of imidazole rings is 1. The number of aryl methyl sites for hydroxylation is 1. The lowest BCUT2D eigenvalue weighted by atomic mass is 10.1. The van der Waals surface area contributed by atoms with Crippen molar-refractivity contribution in [3.8, 4) is 11.3 Å². The fourth-order valence-corrected chi connectivity index (χ4v) is 1.89. The number of hydrogen-bond acceptors (Lipinski definition) is 1. The first-order chi connectivity index (χ1) is 8.24. The molecular weight excluding hydrogens is 215 g/mol. The van der Waals surface area contributed by atoms with Gasteiger partial charge in [0.1, 0.15) is 11.5 Å². The van der Waals surface area contributed by atoms with Crippen LogP contribution in [0, 0.1) is 12.7 Å². The summed E-state index contributed by atoms with van der Waals surface area (Å²) < 4.78 is 15.7. The van der Waals surface area contributed by atoms with Crippen LogP contribution in [0.2, 0.25) is 0 Å². The number of aromatic nitrogens is 2. The summed E-state index contributed by atoms with van der Waals surface area (Å²) in [6, 6.07) is 10.9. The summed E-state index contributed by atoms with van der Waals surface area (Å²) in [5.41, 5.74) is 2.94. The van der Waals surface area contributed by atoms with Crippen LogP contribution in [-0.2, 0) is 0 Å². The van der Waals surface area contributed by atoms with Gasteiger partial charge in [0.15, 0.2) is 0 Å². The van der Waals surface area contributed by atoms with Gasteiger partial charge in [-0.2, -0.15) is 0 Å². The Bertz CT molecular complexity index is 653. The molecule has 0 unspecified atom stereocenters. The van der Waals surface area contributed by atoms with Crippen LogP contribution in [-0.4, -0.2) is 9.38 Å². The monoisotopic (exact) mass is 226 g/mol. The number of rotatable bonds is 1. The molecular formula is C14H11FN2. The van der Waals surface area contributed by atoms with Crippen LogP contribution in [0.4, 0.5) is 4.39 Å². The van der Waals surface area contributed by atoms with Gasteiger partial charge in [0.05, 0.1) is 5.69 Å². The van der Waals surface area contributed by atoms with E-state index in [1.807, 2.05) is 48.0 Å². The van der Waals surface area contributed by atoms with Crippen LogP contribution >= 0.6 is 0 Å². The molecule has 0 aliphatic carbocycles. The Labute approximate surface area is 98.4 Å². The first kappa shape index (κ1) is 10.0. The highest BCUT2D eigenvalue weighted by Crippen LogP contribution is 2.23. The van der Waals surface area contributed by atoms with Gasteiger partial charge in [-0.25, -0.2) is 9.37 Å². The topological polar surface area (TPSA) is 17.3 Å². The number of fused-ring (bicyclic) bond motifs is 1. The number of pyridine rings is 1. The first-order valence-corrected chi connectivity index (χ1v) is 5.44. The van der Waals surface area contributed by atoms with Crippen molar-refractivity contribution in [3.63, 3.8) is 0 Å². The smallest absolute Gasteiger partial charge is 0.137 e. The average molecular weight is 226 g/mol. The second-order valence-electron chi connectivity index (χ2n) is 4.08. The van der Waals surface area contributed by atoms with Crippen LogP contribution in [0.15, 0.2) is 48.8 Å². The molecule has 3 aromatic rings. The van der Waals surface area contributed by atoms with Gasteiger partial charge in [-0.15, -0.1) is 0 Å². The van der Waals surface area contributed by atoms with E-state index in [1.54, 1.807) is 6.07 Å². The lowest BCUT2D eigenvalue weighted by molar-refractivity contribution is 0.629. The highest BCUT2D eigenvalue weighted by atomic mass is 19.1. The van der Waals surface area contributed by atoms with Gasteiger partial charge in [-0.05, 0) is 36.8 Å². The van der Waals surface area contributed by atoms with E-state index in [9.17, 15) is 4.39 Å². The van der Waals surface area contributed by atoms with E-state index in [1.165, 1.54) is 6.07 Å². The molecule has 0 radical (unpaired) electrons. The minimum absolute atomic E-state index is 0.228. The molecule has 0 atom stereocenters. The van der Waals surface area contributed by atoms with Crippen molar-refractivity contribution in [1.29, 1.82) is 0 Å². The lowest BCUT2D eigenvalue weighted by Gasteiger charge is -1.99. The Morgan fingerprint density at radius 3 is 2.82 bits per heavy atom. The summed E-state index contributed by atoms with van der Waals surface area (Å²) >= 11 is 0. The van der Waals surface area contributed by atoms with E-state index >= 15 is 0 Å². The van der Waals surface area contributed by atoms with Crippen LogP contribution in [0.1, 0.15) is 5.56 Å². The van der Waals surface area contributed by atoms with E-state index in [2.05, 4.69) is 4.98 Å². The Morgan fingerprint density at radius 2 is 2.06 bits per heavy atom. The van der Waals surface area contributed by atoms with Crippen molar-refractivity contribution >= 4 is 5.65 Å².